The molecule has 2 nitrogen and oxygen atoms in total. The van der Waals surface area contributed by atoms with Crippen molar-refractivity contribution in [3.63, 3.8) is 0 Å². The van der Waals surface area contributed by atoms with E-state index in [2.05, 4.69) is 0 Å². The summed E-state index contributed by atoms with van der Waals surface area (Å²) < 4.78 is 26.8. The lowest BCUT2D eigenvalue weighted by atomic mass is 9.99. The fraction of sp³-hybridized carbons (Fsp3) is 0.462. The third-order valence-electron chi connectivity index (χ3n) is 2.84. The van der Waals surface area contributed by atoms with Gasteiger partial charge in [-0.15, -0.1) is 0 Å². The molecule has 2 N–H and O–H groups in total. The predicted octanol–water partition coefficient (Wildman–Crippen LogP) is 2.83. The Morgan fingerprint density at radius 3 is 2.59 bits per heavy atom. The Balaban J connectivity index is 2.80. The molecule has 0 bridgehead atoms. The van der Waals surface area contributed by atoms with E-state index < -0.39 is 11.6 Å². The molecule has 1 rings (SSSR count). The average molecular weight is 241 g/mol. The van der Waals surface area contributed by atoms with E-state index in [1.165, 1.54) is 19.1 Å². The zero-order chi connectivity index (χ0) is 13.0. The van der Waals surface area contributed by atoms with Crippen LogP contribution in [-0.2, 0) is 0 Å². The van der Waals surface area contributed by atoms with Crippen LogP contribution in [0.5, 0.6) is 0 Å². The van der Waals surface area contributed by atoms with Gasteiger partial charge in [0.15, 0.2) is 17.4 Å². The maximum Gasteiger partial charge on any atom is 0.169 e. The van der Waals surface area contributed by atoms with Gasteiger partial charge < -0.3 is 5.73 Å². The van der Waals surface area contributed by atoms with Gasteiger partial charge in [0.2, 0.25) is 0 Å². The van der Waals surface area contributed by atoms with Crippen molar-refractivity contribution in [2.75, 3.05) is 6.54 Å². The second-order valence-electron chi connectivity index (χ2n) is 4.36. The summed E-state index contributed by atoms with van der Waals surface area (Å²) in [6.07, 6.45) is 0.780. The zero-order valence-corrected chi connectivity index (χ0v) is 10.1. The third kappa shape index (κ3) is 3.33. The molecular formula is C13H17F2NO. The number of hydrogen-bond acceptors (Lipinski definition) is 2. The van der Waals surface area contributed by atoms with Crippen LogP contribution in [0.4, 0.5) is 8.78 Å². The molecule has 0 aliphatic carbocycles. The topological polar surface area (TPSA) is 43.1 Å². The van der Waals surface area contributed by atoms with Gasteiger partial charge in [0, 0.05) is 6.42 Å². The Bertz CT molecular complexity index is 418. The smallest absolute Gasteiger partial charge is 0.169 e. The molecule has 1 aromatic rings. The number of halogens is 2. The Kier molecular flexibility index (Phi) is 4.75. The van der Waals surface area contributed by atoms with Crippen LogP contribution in [0, 0.1) is 24.5 Å². The summed E-state index contributed by atoms with van der Waals surface area (Å²) in [5, 5.41) is 0. The molecule has 0 spiro atoms. The van der Waals surface area contributed by atoms with E-state index in [-0.39, 0.29) is 29.2 Å². The van der Waals surface area contributed by atoms with Gasteiger partial charge in [-0.1, -0.05) is 13.0 Å². The second kappa shape index (κ2) is 5.87. The van der Waals surface area contributed by atoms with Crippen LogP contribution in [-0.4, -0.2) is 12.3 Å². The Labute approximate surface area is 99.8 Å². The summed E-state index contributed by atoms with van der Waals surface area (Å²) in [7, 11) is 0. The van der Waals surface area contributed by atoms with Crippen LogP contribution in [0.3, 0.4) is 0 Å². The molecule has 1 unspecified atom stereocenters. The molecule has 0 aromatic heterocycles. The second-order valence-corrected chi connectivity index (χ2v) is 4.36. The average Bonchev–Trinajstić information content (AvgIpc) is 2.32. The molecule has 1 atom stereocenters. The van der Waals surface area contributed by atoms with Gasteiger partial charge in [0.05, 0.1) is 5.56 Å². The summed E-state index contributed by atoms with van der Waals surface area (Å²) in [5.74, 6) is -2.16. The van der Waals surface area contributed by atoms with Crippen molar-refractivity contribution in [3.05, 3.63) is 34.9 Å². The van der Waals surface area contributed by atoms with Gasteiger partial charge in [-0.05, 0) is 37.4 Å². The van der Waals surface area contributed by atoms with Crippen LogP contribution >= 0.6 is 0 Å². The number of benzene rings is 1. The number of carbonyl (C=O) groups excluding carboxylic acids is 1. The number of carbonyl (C=O) groups is 1. The van der Waals surface area contributed by atoms with Gasteiger partial charge >= 0.3 is 0 Å². The van der Waals surface area contributed by atoms with Gasteiger partial charge in [-0.2, -0.15) is 0 Å². The van der Waals surface area contributed by atoms with Gasteiger partial charge in [-0.25, -0.2) is 8.78 Å². The van der Waals surface area contributed by atoms with Gasteiger partial charge in [0.1, 0.15) is 0 Å². The first kappa shape index (κ1) is 13.8. The molecule has 1 aromatic carbocycles. The highest BCUT2D eigenvalue weighted by Gasteiger charge is 2.17. The number of Topliss-reactive ketones (excluding diaryl/α,β-unsaturated/α-hetero) is 1. The van der Waals surface area contributed by atoms with E-state index in [1.54, 1.807) is 0 Å². The molecule has 0 amide bonds. The highest BCUT2D eigenvalue weighted by molar-refractivity contribution is 5.96. The normalized spacial score (nSPS) is 12.5. The Hall–Kier alpha value is -1.29. The fourth-order valence-electron chi connectivity index (χ4n) is 1.49. The van der Waals surface area contributed by atoms with Crippen LogP contribution in [0.1, 0.15) is 35.7 Å². The van der Waals surface area contributed by atoms with Crippen molar-refractivity contribution in [2.45, 2.75) is 26.7 Å². The minimum absolute atomic E-state index is 0.169. The minimum atomic E-state index is -1.05. The Morgan fingerprint density at radius 2 is 2.00 bits per heavy atom. The van der Waals surface area contributed by atoms with E-state index >= 15 is 0 Å². The third-order valence-corrected chi connectivity index (χ3v) is 2.84. The quantitative estimate of drug-likeness (QED) is 0.805. The zero-order valence-electron chi connectivity index (χ0n) is 10.1. The van der Waals surface area contributed by atoms with E-state index in [0.29, 0.717) is 13.0 Å². The summed E-state index contributed by atoms with van der Waals surface area (Å²) >= 11 is 0. The lowest BCUT2D eigenvalue weighted by molar-refractivity contribution is 0.0970. The molecule has 0 radical (unpaired) electrons. The van der Waals surface area contributed by atoms with Crippen LogP contribution in [0.15, 0.2) is 12.1 Å². The molecule has 4 heteroatoms. The highest BCUT2D eigenvalue weighted by Crippen LogP contribution is 2.18. The molecule has 17 heavy (non-hydrogen) atoms. The largest absolute Gasteiger partial charge is 0.330 e. The van der Waals surface area contributed by atoms with Crippen molar-refractivity contribution < 1.29 is 13.6 Å². The number of ketones is 1. The minimum Gasteiger partial charge on any atom is -0.330 e. The van der Waals surface area contributed by atoms with Crippen LogP contribution in [0.25, 0.3) is 0 Å². The van der Waals surface area contributed by atoms with Crippen molar-refractivity contribution in [2.24, 2.45) is 11.7 Å². The van der Waals surface area contributed by atoms with Crippen molar-refractivity contribution in [1.29, 1.82) is 0 Å². The van der Waals surface area contributed by atoms with Crippen LogP contribution < -0.4 is 5.73 Å². The number of rotatable bonds is 5. The first-order chi connectivity index (χ1) is 7.97. The van der Waals surface area contributed by atoms with Crippen molar-refractivity contribution >= 4 is 5.78 Å². The molecule has 0 fully saturated rings. The van der Waals surface area contributed by atoms with Crippen LogP contribution in [0.2, 0.25) is 0 Å². The molecule has 0 aliphatic rings. The predicted molar refractivity (Wildman–Crippen MR) is 62.9 cm³/mol. The monoisotopic (exact) mass is 241 g/mol. The maximum absolute atomic E-state index is 13.5. The van der Waals surface area contributed by atoms with E-state index in [4.69, 9.17) is 5.73 Å². The molecule has 0 aliphatic heterocycles. The summed E-state index contributed by atoms with van der Waals surface area (Å²) in [5.41, 5.74) is 5.46. The van der Waals surface area contributed by atoms with E-state index in [9.17, 15) is 13.6 Å². The summed E-state index contributed by atoms with van der Waals surface area (Å²) in [6, 6.07) is 2.75. The van der Waals surface area contributed by atoms with Gasteiger partial charge in [-0.3, -0.25) is 4.79 Å². The number of hydrogen-bond donors (Lipinski definition) is 1. The molecular weight excluding hydrogens is 224 g/mol. The summed E-state index contributed by atoms with van der Waals surface area (Å²) in [4.78, 5) is 11.7. The molecule has 0 saturated carbocycles. The van der Waals surface area contributed by atoms with Crippen molar-refractivity contribution in [3.8, 4) is 0 Å². The standard InChI is InChI=1S/C13H17F2NO/c1-8(7-16)3-6-11(17)10-5-4-9(2)12(14)13(10)15/h4-5,8H,3,6-7,16H2,1-2H3. The summed E-state index contributed by atoms with van der Waals surface area (Å²) in [6.45, 7) is 3.86. The molecule has 94 valence electrons. The first-order valence-corrected chi connectivity index (χ1v) is 5.65. The Morgan fingerprint density at radius 1 is 1.35 bits per heavy atom. The van der Waals surface area contributed by atoms with Crippen molar-refractivity contribution in [1.82, 2.24) is 0 Å². The highest BCUT2D eigenvalue weighted by atomic mass is 19.2. The lowest BCUT2D eigenvalue weighted by Gasteiger charge is -2.08. The fourth-order valence-corrected chi connectivity index (χ4v) is 1.49. The van der Waals surface area contributed by atoms with Gasteiger partial charge in [0.25, 0.3) is 0 Å². The first-order valence-electron chi connectivity index (χ1n) is 5.65. The SMILES string of the molecule is Cc1ccc(C(=O)CCC(C)CN)c(F)c1F. The maximum atomic E-state index is 13.5. The molecule has 0 heterocycles. The van der Waals surface area contributed by atoms with E-state index in [1.807, 2.05) is 6.92 Å². The molecule has 0 saturated heterocycles. The number of nitrogens with two attached hydrogens (primary N) is 1. The lowest BCUT2D eigenvalue weighted by Crippen LogP contribution is -2.13. The van der Waals surface area contributed by atoms with E-state index in [0.717, 1.165) is 0 Å². The number of aryl methyl sites for hydroxylation is 1.